The minimum atomic E-state index is -1.62. The molecule has 19 heavy (non-hydrogen) atoms. The van der Waals surface area contributed by atoms with Gasteiger partial charge in [-0.05, 0) is 20.8 Å². The summed E-state index contributed by atoms with van der Waals surface area (Å²) in [6, 6.07) is 0. The molecule has 0 aliphatic carbocycles. The summed E-state index contributed by atoms with van der Waals surface area (Å²) in [6.45, 7) is 8.02. The lowest BCUT2D eigenvalue weighted by Crippen LogP contribution is -2.59. The molecule has 1 fully saturated rings. The van der Waals surface area contributed by atoms with E-state index in [1.807, 2.05) is 0 Å². The summed E-state index contributed by atoms with van der Waals surface area (Å²) in [6.07, 6.45) is -7.62. The standard InChI is InChI=1S/C12H20O7/c1-5(13)9-7(15)6(14)8(16)10(18-9)19-11(17)12(2,3)4/h6-10,13-16H,1H2,2-4H3/t6-,7-,8+,9+,10-/m0/s1. The highest BCUT2D eigenvalue weighted by atomic mass is 16.7. The highest BCUT2D eigenvalue weighted by Crippen LogP contribution is 2.27. The predicted molar refractivity (Wildman–Crippen MR) is 64.0 cm³/mol. The molecule has 1 rings (SSSR count). The van der Waals surface area contributed by atoms with E-state index in [-0.39, 0.29) is 0 Å². The smallest absolute Gasteiger partial charge is 0.313 e. The Morgan fingerprint density at radius 1 is 1.16 bits per heavy atom. The molecule has 0 amide bonds. The first kappa shape index (κ1) is 15.9. The lowest BCUT2D eigenvalue weighted by atomic mass is 9.96. The first-order chi connectivity index (χ1) is 8.55. The van der Waals surface area contributed by atoms with Crippen molar-refractivity contribution in [2.45, 2.75) is 51.5 Å². The molecule has 1 saturated heterocycles. The first-order valence-corrected chi connectivity index (χ1v) is 5.84. The largest absolute Gasteiger partial charge is 0.510 e. The van der Waals surface area contributed by atoms with Crippen LogP contribution in [0.25, 0.3) is 0 Å². The van der Waals surface area contributed by atoms with Gasteiger partial charge in [0.25, 0.3) is 0 Å². The van der Waals surface area contributed by atoms with Crippen molar-refractivity contribution in [2.24, 2.45) is 5.41 Å². The number of hydrogen-bond acceptors (Lipinski definition) is 7. The third-order valence-electron chi connectivity index (χ3n) is 2.73. The van der Waals surface area contributed by atoms with E-state index in [1.165, 1.54) is 0 Å². The second kappa shape index (κ2) is 5.46. The predicted octanol–water partition coefficient (Wildman–Crippen LogP) is -0.545. The van der Waals surface area contributed by atoms with Crippen LogP contribution in [0.15, 0.2) is 12.3 Å². The average molecular weight is 276 g/mol. The molecule has 0 spiro atoms. The quantitative estimate of drug-likeness (QED) is 0.395. The van der Waals surface area contributed by atoms with E-state index < -0.39 is 47.8 Å². The zero-order valence-corrected chi connectivity index (χ0v) is 11.1. The minimum absolute atomic E-state index is 0.532. The molecular formula is C12H20O7. The van der Waals surface area contributed by atoms with E-state index in [0.717, 1.165) is 0 Å². The number of aliphatic hydroxyl groups excluding tert-OH is 4. The van der Waals surface area contributed by atoms with Crippen molar-refractivity contribution in [3.8, 4) is 0 Å². The molecule has 0 aromatic rings. The monoisotopic (exact) mass is 276 g/mol. The zero-order valence-electron chi connectivity index (χ0n) is 11.1. The Bertz CT molecular complexity index is 360. The topological polar surface area (TPSA) is 116 Å². The van der Waals surface area contributed by atoms with Gasteiger partial charge < -0.3 is 29.9 Å². The molecule has 0 saturated carbocycles. The van der Waals surface area contributed by atoms with Crippen molar-refractivity contribution in [2.75, 3.05) is 0 Å². The van der Waals surface area contributed by atoms with Crippen LogP contribution in [0.3, 0.4) is 0 Å². The molecule has 0 aromatic carbocycles. The molecule has 5 atom stereocenters. The molecule has 0 aromatic heterocycles. The number of hydrogen-bond donors (Lipinski definition) is 4. The second-order valence-corrected chi connectivity index (χ2v) is 5.54. The number of rotatable bonds is 2. The van der Waals surface area contributed by atoms with Gasteiger partial charge in [0.05, 0.1) is 5.41 Å². The van der Waals surface area contributed by atoms with Gasteiger partial charge in [-0.25, -0.2) is 0 Å². The van der Waals surface area contributed by atoms with Crippen molar-refractivity contribution in [1.29, 1.82) is 0 Å². The molecule has 7 heteroatoms. The summed E-state index contributed by atoms with van der Waals surface area (Å²) in [5, 5.41) is 38.2. The third-order valence-corrected chi connectivity index (χ3v) is 2.73. The van der Waals surface area contributed by atoms with Gasteiger partial charge in [0, 0.05) is 0 Å². The van der Waals surface area contributed by atoms with Crippen molar-refractivity contribution >= 4 is 5.97 Å². The molecule has 0 bridgehead atoms. The van der Waals surface area contributed by atoms with Crippen molar-refractivity contribution in [1.82, 2.24) is 0 Å². The Labute approximate surface area is 111 Å². The second-order valence-electron chi connectivity index (χ2n) is 5.54. The molecule has 0 unspecified atom stereocenters. The fourth-order valence-electron chi connectivity index (χ4n) is 1.50. The van der Waals surface area contributed by atoms with E-state index in [4.69, 9.17) is 9.47 Å². The van der Waals surface area contributed by atoms with Gasteiger partial charge in [-0.2, -0.15) is 0 Å². The van der Waals surface area contributed by atoms with Crippen LogP contribution in [0.4, 0.5) is 0 Å². The van der Waals surface area contributed by atoms with Gasteiger partial charge in [0.2, 0.25) is 6.29 Å². The Kier molecular flexibility index (Phi) is 4.57. The van der Waals surface area contributed by atoms with Gasteiger partial charge >= 0.3 is 5.97 Å². The summed E-state index contributed by atoms with van der Waals surface area (Å²) >= 11 is 0. The normalized spacial score (nSPS) is 35.8. The zero-order chi connectivity index (χ0) is 15.0. The van der Waals surface area contributed by atoms with Gasteiger partial charge in [-0.15, -0.1) is 0 Å². The van der Waals surface area contributed by atoms with E-state index in [1.54, 1.807) is 20.8 Å². The number of carbonyl (C=O) groups is 1. The van der Waals surface area contributed by atoms with E-state index in [2.05, 4.69) is 6.58 Å². The lowest BCUT2D eigenvalue weighted by molar-refractivity contribution is -0.287. The number of ether oxygens (including phenoxy) is 2. The van der Waals surface area contributed by atoms with E-state index in [9.17, 15) is 25.2 Å². The van der Waals surface area contributed by atoms with Crippen molar-refractivity contribution in [3.63, 3.8) is 0 Å². The van der Waals surface area contributed by atoms with Crippen LogP contribution in [0.2, 0.25) is 0 Å². The molecule has 1 aliphatic heterocycles. The SMILES string of the molecule is C=C(O)[C@H]1O[C@@H](OC(=O)C(C)(C)C)[C@H](O)[C@@H](O)[C@@H]1O. The maximum atomic E-state index is 11.7. The molecular weight excluding hydrogens is 256 g/mol. The number of carbonyl (C=O) groups excluding carboxylic acids is 1. The maximum absolute atomic E-state index is 11.7. The van der Waals surface area contributed by atoms with Crippen LogP contribution in [0.5, 0.6) is 0 Å². The molecule has 4 N–H and O–H groups in total. The maximum Gasteiger partial charge on any atom is 0.313 e. The van der Waals surface area contributed by atoms with E-state index in [0.29, 0.717) is 0 Å². The Morgan fingerprint density at radius 3 is 2.11 bits per heavy atom. The Morgan fingerprint density at radius 2 is 1.68 bits per heavy atom. The summed E-state index contributed by atoms with van der Waals surface area (Å²) in [7, 11) is 0. The van der Waals surface area contributed by atoms with E-state index >= 15 is 0 Å². The lowest BCUT2D eigenvalue weighted by Gasteiger charge is -2.39. The van der Waals surface area contributed by atoms with Crippen LogP contribution in [-0.2, 0) is 14.3 Å². The summed E-state index contributed by atoms with van der Waals surface area (Å²) in [5.74, 6) is -1.18. The van der Waals surface area contributed by atoms with Crippen LogP contribution >= 0.6 is 0 Å². The fraction of sp³-hybridized carbons (Fsp3) is 0.750. The molecule has 7 nitrogen and oxygen atoms in total. The van der Waals surface area contributed by atoms with Crippen LogP contribution in [-0.4, -0.2) is 57.1 Å². The summed E-state index contributed by atoms with van der Waals surface area (Å²) < 4.78 is 9.99. The highest BCUT2D eigenvalue weighted by Gasteiger charge is 2.47. The van der Waals surface area contributed by atoms with Crippen molar-refractivity contribution < 1.29 is 34.7 Å². The Balaban J connectivity index is 2.83. The van der Waals surface area contributed by atoms with Gasteiger partial charge in [0.15, 0.2) is 0 Å². The summed E-state index contributed by atoms with van der Waals surface area (Å²) in [5.41, 5.74) is -0.824. The number of esters is 1. The van der Waals surface area contributed by atoms with Crippen LogP contribution in [0, 0.1) is 5.41 Å². The molecule has 110 valence electrons. The number of aliphatic hydroxyl groups is 4. The van der Waals surface area contributed by atoms with Crippen LogP contribution in [0.1, 0.15) is 20.8 Å². The summed E-state index contributed by atoms with van der Waals surface area (Å²) in [4.78, 5) is 11.7. The third kappa shape index (κ3) is 3.44. The van der Waals surface area contributed by atoms with Gasteiger partial charge in [-0.3, -0.25) is 4.79 Å². The van der Waals surface area contributed by atoms with Gasteiger partial charge in [-0.1, -0.05) is 6.58 Å². The molecule has 1 heterocycles. The Hall–Kier alpha value is -1.15. The fourth-order valence-corrected chi connectivity index (χ4v) is 1.50. The van der Waals surface area contributed by atoms with Gasteiger partial charge in [0.1, 0.15) is 30.2 Å². The average Bonchev–Trinajstić information content (AvgIpc) is 2.28. The van der Waals surface area contributed by atoms with Crippen LogP contribution < -0.4 is 0 Å². The minimum Gasteiger partial charge on any atom is -0.510 e. The first-order valence-electron chi connectivity index (χ1n) is 5.84. The molecule has 0 radical (unpaired) electrons. The highest BCUT2D eigenvalue weighted by molar-refractivity contribution is 5.75. The van der Waals surface area contributed by atoms with Crippen molar-refractivity contribution in [3.05, 3.63) is 12.3 Å². The molecule has 1 aliphatic rings.